The van der Waals surface area contributed by atoms with Crippen molar-refractivity contribution in [3.63, 3.8) is 0 Å². The third-order valence-corrected chi connectivity index (χ3v) is 4.22. The van der Waals surface area contributed by atoms with Gasteiger partial charge in [-0.05, 0) is 30.3 Å². The maximum Gasteiger partial charge on any atom is 0.282 e. The fourth-order valence-corrected chi connectivity index (χ4v) is 2.82. The van der Waals surface area contributed by atoms with E-state index in [0.29, 0.717) is 22.3 Å². The van der Waals surface area contributed by atoms with Crippen LogP contribution in [0.5, 0.6) is 5.75 Å². The van der Waals surface area contributed by atoms with Crippen LogP contribution < -0.4 is 5.56 Å². The number of aromatic hydroxyl groups is 1. The molecule has 0 saturated heterocycles. The molecule has 0 unspecified atom stereocenters. The molecule has 0 bridgehead atoms. The molecule has 1 N–H and O–H groups in total. The second-order valence-corrected chi connectivity index (χ2v) is 7.68. The van der Waals surface area contributed by atoms with Crippen molar-refractivity contribution in [3.05, 3.63) is 68.7 Å². The lowest BCUT2D eigenvalue weighted by atomic mass is 9.95. The summed E-state index contributed by atoms with van der Waals surface area (Å²) in [5, 5.41) is 14.7. The summed E-state index contributed by atoms with van der Waals surface area (Å²) in [6.45, 7) is 5.93. The Kier molecular flexibility index (Phi) is 4.47. The number of halogens is 1. The molecule has 25 heavy (non-hydrogen) atoms. The highest BCUT2D eigenvalue weighted by molar-refractivity contribution is 9.10. The van der Waals surface area contributed by atoms with E-state index in [1.165, 1.54) is 10.9 Å². The van der Waals surface area contributed by atoms with Crippen molar-refractivity contribution in [1.82, 2.24) is 9.66 Å². The van der Waals surface area contributed by atoms with E-state index in [0.717, 1.165) is 4.47 Å². The predicted molar refractivity (Wildman–Crippen MR) is 104 cm³/mol. The summed E-state index contributed by atoms with van der Waals surface area (Å²) in [6.07, 6.45) is 1.47. The highest BCUT2D eigenvalue weighted by Crippen LogP contribution is 2.23. The minimum atomic E-state index is -0.378. The minimum Gasteiger partial charge on any atom is -0.507 e. The fraction of sp³-hybridized carbons (Fsp3) is 0.211. The van der Waals surface area contributed by atoms with Gasteiger partial charge in [0.25, 0.3) is 5.56 Å². The number of hydrogen-bond donors (Lipinski definition) is 1. The first kappa shape index (κ1) is 17.4. The number of rotatable bonds is 2. The zero-order chi connectivity index (χ0) is 18.2. The Bertz CT molecular complexity index is 1030. The molecule has 0 amide bonds. The largest absolute Gasteiger partial charge is 0.507 e. The van der Waals surface area contributed by atoms with E-state index in [-0.39, 0.29) is 16.7 Å². The van der Waals surface area contributed by atoms with Crippen LogP contribution in [-0.2, 0) is 5.41 Å². The van der Waals surface area contributed by atoms with Crippen molar-refractivity contribution >= 4 is 33.0 Å². The van der Waals surface area contributed by atoms with Crippen molar-refractivity contribution in [2.24, 2.45) is 5.10 Å². The standard InChI is InChI=1S/C19H18BrN3O2/c1-19(2,3)18-22-15-9-8-13(20)10-14(15)17(25)23(18)21-11-12-6-4-5-7-16(12)24/h4-11,24H,1-3H3. The normalized spacial score (nSPS) is 12.2. The number of aromatic nitrogens is 2. The molecule has 0 radical (unpaired) electrons. The van der Waals surface area contributed by atoms with Gasteiger partial charge >= 0.3 is 0 Å². The van der Waals surface area contributed by atoms with E-state index < -0.39 is 0 Å². The van der Waals surface area contributed by atoms with Gasteiger partial charge in [0.1, 0.15) is 11.6 Å². The van der Waals surface area contributed by atoms with Gasteiger partial charge in [0.15, 0.2) is 0 Å². The lowest BCUT2D eigenvalue weighted by Crippen LogP contribution is -2.29. The molecular formula is C19H18BrN3O2. The smallest absolute Gasteiger partial charge is 0.282 e. The van der Waals surface area contributed by atoms with Gasteiger partial charge < -0.3 is 5.11 Å². The lowest BCUT2D eigenvalue weighted by molar-refractivity contribution is 0.474. The van der Waals surface area contributed by atoms with Crippen molar-refractivity contribution in [2.75, 3.05) is 0 Å². The van der Waals surface area contributed by atoms with Gasteiger partial charge in [0.2, 0.25) is 0 Å². The Hall–Kier alpha value is -2.47. The van der Waals surface area contributed by atoms with Crippen LogP contribution in [0.4, 0.5) is 0 Å². The molecule has 128 valence electrons. The van der Waals surface area contributed by atoms with Gasteiger partial charge in [0.05, 0.1) is 17.1 Å². The number of phenolic OH excluding ortho intramolecular Hbond substituents is 1. The maximum absolute atomic E-state index is 13.0. The summed E-state index contributed by atoms with van der Waals surface area (Å²) in [5.74, 6) is 0.659. The van der Waals surface area contributed by atoms with Crippen LogP contribution in [0, 0.1) is 0 Å². The molecule has 5 nitrogen and oxygen atoms in total. The molecule has 6 heteroatoms. The van der Waals surface area contributed by atoms with Gasteiger partial charge in [0, 0.05) is 15.5 Å². The van der Waals surface area contributed by atoms with Gasteiger partial charge in [-0.3, -0.25) is 4.79 Å². The molecule has 0 fully saturated rings. The molecule has 0 aliphatic heterocycles. The molecule has 0 spiro atoms. The first-order valence-electron chi connectivity index (χ1n) is 7.82. The summed E-state index contributed by atoms with van der Waals surface area (Å²) in [7, 11) is 0. The number of hydrogen-bond acceptors (Lipinski definition) is 4. The topological polar surface area (TPSA) is 67.5 Å². The van der Waals surface area contributed by atoms with E-state index >= 15 is 0 Å². The van der Waals surface area contributed by atoms with E-state index in [2.05, 4.69) is 26.0 Å². The second-order valence-electron chi connectivity index (χ2n) is 6.77. The van der Waals surface area contributed by atoms with Gasteiger partial charge in [-0.15, -0.1) is 0 Å². The molecule has 3 aromatic rings. The van der Waals surface area contributed by atoms with Crippen molar-refractivity contribution < 1.29 is 5.11 Å². The monoisotopic (exact) mass is 399 g/mol. The summed E-state index contributed by atoms with van der Waals surface area (Å²) in [4.78, 5) is 17.6. The minimum absolute atomic E-state index is 0.105. The molecular weight excluding hydrogens is 382 g/mol. The summed E-state index contributed by atoms with van der Waals surface area (Å²) >= 11 is 3.39. The number of fused-ring (bicyclic) bond motifs is 1. The molecule has 0 saturated carbocycles. The highest BCUT2D eigenvalue weighted by atomic mass is 79.9. The van der Waals surface area contributed by atoms with Crippen LogP contribution in [-0.4, -0.2) is 21.0 Å². The molecule has 0 atom stereocenters. The first-order valence-corrected chi connectivity index (χ1v) is 8.62. The van der Waals surface area contributed by atoms with Crippen molar-refractivity contribution in [3.8, 4) is 5.75 Å². The van der Waals surface area contributed by atoms with Crippen LogP contribution in [0.1, 0.15) is 32.2 Å². The van der Waals surface area contributed by atoms with E-state index in [1.807, 2.05) is 32.9 Å². The predicted octanol–water partition coefficient (Wildman–Crippen LogP) is 4.04. The summed E-state index contributed by atoms with van der Waals surface area (Å²) < 4.78 is 2.11. The lowest BCUT2D eigenvalue weighted by Gasteiger charge is -2.20. The average Bonchev–Trinajstić information content (AvgIpc) is 2.55. The Balaban J connectivity index is 2.26. The molecule has 2 aromatic carbocycles. The second kappa shape index (κ2) is 6.44. The average molecular weight is 400 g/mol. The zero-order valence-corrected chi connectivity index (χ0v) is 15.8. The van der Waals surface area contributed by atoms with Gasteiger partial charge in [-0.25, -0.2) is 4.98 Å². The van der Waals surface area contributed by atoms with E-state index in [9.17, 15) is 9.90 Å². The molecule has 1 aromatic heterocycles. The Morgan fingerprint density at radius 1 is 1.20 bits per heavy atom. The summed E-state index contributed by atoms with van der Waals surface area (Å²) in [6, 6.07) is 12.2. The maximum atomic E-state index is 13.0. The number of para-hydroxylation sites is 1. The van der Waals surface area contributed by atoms with Gasteiger partial charge in [-0.2, -0.15) is 9.78 Å². The molecule has 0 aliphatic rings. The van der Waals surface area contributed by atoms with E-state index in [4.69, 9.17) is 0 Å². The van der Waals surface area contributed by atoms with Crippen LogP contribution in [0.2, 0.25) is 0 Å². The zero-order valence-electron chi connectivity index (χ0n) is 14.2. The Morgan fingerprint density at radius 3 is 2.60 bits per heavy atom. The molecule has 3 rings (SSSR count). The fourth-order valence-electron chi connectivity index (χ4n) is 2.46. The van der Waals surface area contributed by atoms with Crippen LogP contribution in [0.25, 0.3) is 10.9 Å². The summed E-state index contributed by atoms with van der Waals surface area (Å²) in [5.41, 5.74) is 0.537. The molecule has 0 aliphatic carbocycles. The quantitative estimate of drug-likeness (QED) is 0.661. The van der Waals surface area contributed by atoms with Crippen LogP contribution in [0.3, 0.4) is 0 Å². The first-order chi connectivity index (χ1) is 11.8. The molecule has 1 heterocycles. The van der Waals surface area contributed by atoms with E-state index in [1.54, 1.807) is 30.3 Å². The number of benzene rings is 2. The highest BCUT2D eigenvalue weighted by Gasteiger charge is 2.22. The third-order valence-electron chi connectivity index (χ3n) is 3.73. The Labute approximate surface area is 153 Å². The number of nitrogens with zero attached hydrogens (tertiary/aromatic N) is 3. The van der Waals surface area contributed by atoms with Gasteiger partial charge in [-0.1, -0.05) is 48.8 Å². The van der Waals surface area contributed by atoms with Crippen LogP contribution in [0.15, 0.2) is 56.8 Å². The van der Waals surface area contributed by atoms with Crippen LogP contribution >= 0.6 is 15.9 Å². The Morgan fingerprint density at radius 2 is 1.92 bits per heavy atom. The SMILES string of the molecule is CC(C)(C)c1nc2ccc(Br)cc2c(=O)n1N=Cc1ccccc1O. The van der Waals surface area contributed by atoms with Crippen molar-refractivity contribution in [1.29, 1.82) is 0 Å². The van der Waals surface area contributed by atoms with Crippen molar-refractivity contribution in [2.45, 2.75) is 26.2 Å². The number of phenols is 1. The third kappa shape index (κ3) is 3.49.